The number of rotatable bonds is 8. The molecule has 0 saturated carbocycles. The van der Waals surface area contributed by atoms with Gasteiger partial charge in [0, 0.05) is 46.0 Å². The zero-order valence-electron chi connectivity index (χ0n) is 19.8. The Balaban J connectivity index is 1.53. The highest BCUT2D eigenvalue weighted by Gasteiger charge is 2.28. The molecular weight excluding hydrogens is 576 g/mol. The average molecular weight is 599 g/mol. The van der Waals surface area contributed by atoms with E-state index in [1.807, 2.05) is 19.1 Å². The Bertz CT molecular complexity index is 1450. The van der Waals surface area contributed by atoms with Crippen LogP contribution in [0.25, 0.3) is 33.8 Å². The topological polar surface area (TPSA) is 105 Å². The third-order valence-electron chi connectivity index (χ3n) is 5.78. The zero-order chi connectivity index (χ0) is 26.0. The Morgan fingerprint density at radius 3 is 2.33 bits per heavy atom. The second kappa shape index (κ2) is 10.2. The van der Waals surface area contributed by atoms with Crippen LogP contribution >= 0.6 is 22.6 Å². The van der Waals surface area contributed by atoms with Crippen molar-refractivity contribution in [1.29, 1.82) is 0 Å². The van der Waals surface area contributed by atoms with Gasteiger partial charge in [0.05, 0.1) is 22.9 Å². The maximum atomic E-state index is 15.1. The smallest absolute Gasteiger partial charge is 0.312 e. The molecule has 0 aliphatic heterocycles. The van der Waals surface area contributed by atoms with E-state index in [4.69, 9.17) is 4.74 Å². The Labute approximate surface area is 220 Å². The van der Waals surface area contributed by atoms with Crippen LogP contribution in [0, 0.1) is 18.2 Å². The highest BCUT2D eigenvalue weighted by atomic mass is 127. The third-order valence-corrected chi connectivity index (χ3v) is 6.40. The van der Waals surface area contributed by atoms with Crippen LogP contribution in [0.5, 0.6) is 5.88 Å². The van der Waals surface area contributed by atoms with E-state index >= 15 is 4.39 Å². The molecule has 0 radical (unpaired) electrons. The van der Waals surface area contributed by atoms with Crippen LogP contribution in [0.3, 0.4) is 0 Å². The zero-order valence-corrected chi connectivity index (χ0v) is 22.0. The standard InChI is InChI=1S/C27H23FIN3O4/c1-15-10-23(36-14-27(2,3)26(34)35)30-12-20(15)18-8-9-19(21(28)11-18)25-31-13-22(32-25)16-4-6-17(7-5-16)24(29)33/h4-13H,14H2,1-3H3,(H,31,32)(H,34,35). The van der Waals surface area contributed by atoms with Gasteiger partial charge in [-0.3, -0.25) is 9.59 Å². The second-order valence-corrected chi connectivity index (χ2v) is 9.99. The van der Waals surface area contributed by atoms with Crippen molar-refractivity contribution in [2.24, 2.45) is 5.41 Å². The van der Waals surface area contributed by atoms with Gasteiger partial charge in [0.1, 0.15) is 18.2 Å². The number of carbonyl (C=O) groups is 2. The normalized spacial score (nSPS) is 11.4. The van der Waals surface area contributed by atoms with Crippen molar-refractivity contribution < 1.29 is 23.8 Å². The number of aromatic amines is 1. The van der Waals surface area contributed by atoms with E-state index in [0.717, 1.165) is 16.7 Å². The van der Waals surface area contributed by atoms with E-state index in [-0.39, 0.29) is 10.4 Å². The first-order valence-corrected chi connectivity index (χ1v) is 12.1. The molecule has 2 N–H and O–H groups in total. The number of carboxylic acid groups (broad SMARTS) is 1. The summed E-state index contributed by atoms with van der Waals surface area (Å²) in [4.78, 5) is 34.5. The van der Waals surface area contributed by atoms with Gasteiger partial charge in [0.25, 0.3) is 0 Å². The van der Waals surface area contributed by atoms with Gasteiger partial charge in [0.15, 0.2) is 0 Å². The molecule has 0 aliphatic carbocycles. The number of carboxylic acids is 1. The van der Waals surface area contributed by atoms with Gasteiger partial charge >= 0.3 is 5.97 Å². The number of carbonyl (C=O) groups excluding carboxylic acids is 1. The number of aryl methyl sites for hydroxylation is 1. The fourth-order valence-electron chi connectivity index (χ4n) is 3.49. The number of pyridine rings is 1. The number of benzene rings is 2. The average Bonchev–Trinajstić information content (AvgIpc) is 3.33. The summed E-state index contributed by atoms with van der Waals surface area (Å²) in [6, 6.07) is 13.7. The van der Waals surface area contributed by atoms with Crippen molar-refractivity contribution in [2.45, 2.75) is 20.8 Å². The minimum Gasteiger partial charge on any atom is -0.481 e. The van der Waals surface area contributed by atoms with Gasteiger partial charge < -0.3 is 14.8 Å². The molecule has 4 rings (SSSR count). The van der Waals surface area contributed by atoms with Gasteiger partial charge in [-0.25, -0.2) is 14.4 Å². The van der Waals surface area contributed by atoms with E-state index in [1.165, 1.54) is 6.07 Å². The summed E-state index contributed by atoms with van der Waals surface area (Å²) in [5.41, 5.74) is 3.62. The molecule has 2 heterocycles. The lowest BCUT2D eigenvalue weighted by molar-refractivity contribution is -0.148. The molecule has 0 bridgehead atoms. The molecule has 36 heavy (non-hydrogen) atoms. The first-order chi connectivity index (χ1) is 17.0. The first-order valence-electron chi connectivity index (χ1n) is 11.0. The summed E-state index contributed by atoms with van der Waals surface area (Å²) in [5.74, 6) is -0.702. The highest BCUT2D eigenvalue weighted by Crippen LogP contribution is 2.31. The van der Waals surface area contributed by atoms with Crippen LogP contribution in [0.1, 0.15) is 29.8 Å². The minimum absolute atomic E-state index is 0.0247. The lowest BCUT2D eigenvalue weighted by Gasteiger charge is -2.19. The summed E-state index contributed by atoms with van der Waals surface area (Å²) >= 11 is 1.74. The summed E-state index contributed by atoms with van der Waals surface area (Å²) in [6.07, 6.45) is 3.21. The van der Waals surface area contributed by atoms with Crippen LogP contribution in [0.2, 0.25) is 0 Å². The van der Waals surface area contributed by atoms with Crippen molar-refractivity contribution in [2.75, 3.05) is 6.61 Å². The first kappa shape index (κ1) is 25.5. The summed E-state index contributed by atoms with van der Waals surface area (Å²) in [5, 5.41) is 9.23. The molecule has 184 valence electrons. The van der Waals surface area contributed by atoms with E-state index in [0.29, 0.717) is 34.1 Å². The summed E-state index contributed by atoms with van der Waals surface area (Å²) in [7, 11) is 0. The van der Waals surface area contributed by atoms with E-state index < -0.39 is 17.2 Å². The quantitative estimate of drug-likeness (QED) is 0.182. The third kappa shape index (κ3) is 5.46. The Morgan fingerprint density at radius 2 is 1.72 bits per heavy atom. The number of hydrogen-bond acceptors (Lipinski definition) is 5. The minimum atomic E-state index is -1.05. The molecule has 7 nitrogen and oxygen atoms in total. The van der Waals surface area contributed by atoms with Crippen molar-refractivity contribution in [3.63, 3.8) is 0 Å². The van der Waals surface area contributed by atoms with Gasteiger partial charge in [-0.2, -0.15) is 0 Å². The molecule has 0 atom stereocenters. The number of aliphatic carboxylic acids is 1. The predicted molar refractivity (Wildman–Crippen MR) is 143 cm³/mol. The summed E-state index contributed by atoms with van der Waals surface area (Å²) < 4.78 is 20.6. The van der Waals surface area contributed by atoms with Gasteiger partial charge in [0.2, 0.25) is 9.67 Å². The maximum Gasteiger partial charge on any atom is 0.312 e. The van der Waals surface area contributed by atoms with Crippen LogP contribution in [-0.4, -0.2) is 36.4 Å². The Hall–Kier alpha value is -3.60. The number of H-pyrrole nitrogens is 1. The highest BCUT2D eigenvalue weighted by molar-refractivity contribution is 14.1. The van der Waals surface area contributed by atoms with Gasteiger partial charge in [-0.05, 0) is 61.7 Å². The van der Waals surface area contributed by atoms with E-state index in [2.05, 4.69) is 15.0 Å². The summed E-state index contributed by atoms with van der Waals surface area (Å²) in [6.45, 7) is 4.98. The molecule has 2 aromatic carbocycles. The molecule has 0 aliphatic rings. The molecule has 0 unspecified atom stereocenters. The van der Waals surface area contributed by atoms with Gasteiger partial charge in [-0.1, -0.05) is 18.2 Å². The number of nitrogens with zero attached hydrogens (tertiary/aromatic N) is 2. The molecule has 0 spiro atoms. The monoisotopic (exact) mass is 599 g/mol. The van der Waals surface area contributed by atoms with Crippen LogP contribution in [0.4, 0.5) is 4.39 Å². The van der Waals surface area contributed by atoms with Crippen LogP contribution in [-0.2, 0) is 4.79 Å². The van der Waals surface area contributed by atoms with E-state index in [1.54, 1.807) is 79.2 Å². The van der Waals surface area contributed by atoms with Gasteiger partial charge in [-0.15, -0.1) is 0 Å². The lowest BCUT2D eigenvalue weighted by Crippen LogP contribution is -2.30. The number of hydrogen-bond donors (Lipinski definition) is 2. The molecule has 0 amide bonds. The SMILES string of the molecule is Cc1cc(OCC(C)(C)C(=O)O)ncc1-c1ccc(-c2ncc(-c3ccc(C(=O)I)cc3)[nH]2)c(F)c1. The van der Waals surface area contributed by atoms with Crippen LogP contribution < -0.4 is 4.74 Å². The van der Waals surface area contributed by atoms with E-state index in [9.17, 15) is 14.7 Å². The Morgan fingerprint density at radius 1 is 1.03 bits per heavy atom. The number of halogens is 2. The fraction of sp³-hybridized carbons (Fsp3) is 0.185. The lowest BCUT2D eigenvalue weighted by atomic mass is 9.95. The number of nitrogens with one attached hydrogen (secondary N) is 1. The fourth-order valence-corrected chi connectivity index (χ4v) is 3.85. The largest absolute Gasteiger partial charge is 0.481 e. The Kier molecular flexibility index (Phi) is 7.21. The van der Waals surface area contributed by atoms with Crippen molar-refractivity contribution >= 4 is 32.4 Å². The van der Waals surface area contributed by atoms with Crippen molar-refractivity contribution in [1.82, 2.24) is 15.0 Å². The number of aromatic nitrogens is 3. The molecule has 2 aromatic heterocycles. The molecule has 0 saturated heterocycles. The molecule has 9 heteroatoms. The maximum absolute atomic E-state index is 15.1. The van der Waals surface area contributed by atoms with Crippen molar-refractivity contribution in [3.8, 4) is 39.7 Å². The predicted octanol–water partition coefficient (Wildman–Crippen LogP) is 6.32. The second-order valence-electron chi connectivity index (χ2n) is 9.01. The molecular formula is C27H23FIN3O4. The molecule has 0 fully saturated rings. The van der Waals surface area contributed by atoms with Crippen molar-refractivity contribution in [3.05, 3.63) is 77.9 Å². The van der Waals surface area contributed by atoms with Crippen LogP contribution in [0.15, 0.2) is 60.9 Å². The number of ether oxygens (including phenoxy) is 1. The molecule has 4 aromatic rings. The number of imidazole rings is 1.